The maximum Gasteiger partial charge on any atom is 0.367 e. The summed E-state index contributed by atoms with van der Waals surface area (Å²) in [7, 11) is 0. The van der Waals surface area contributed by atoms with E-state index in [-0.39, 0.29) is 10.6 Å². The average Bonchev–Trinajstić information content (AvgIpc) is 2.65. The van der Waals surface area contributed by atoms with E-state index in [4.69, 9.17) is 28.0 Å². The number of carbonyl (C=O) groups is 1. The number of aromatic nitrogens is 1. The summed E-state index contributed by atoms with van der Waals surface area (Å²) in [5.74, 6) is -0.690. The summed E-state index contributed by atoms with van der Waals surface area (Å²) >= 11 is 11.9. The monoisotopic (exact) mass is 370 g/mol. The summed E-state index contributed by atoms with van der Waals surface area (Å²) in [4.78, 5) is 21.5. The number of hydrogen-bond acceptors (Lipinski definition) is 4. The molecule has 25 heavy (non-hydrogen) atoms. The van der Waals surface area contributed by atoms with Crippen molar-refractivity contribution >= 4 is 34.9 Å². The van der Waals surface area contributed by atoms with Crippen molar-refractivity contribution in [3.63, 3.8) is 0 Å². The maximum atomic E-state index is 12.3. The lowest BCUT2D eigenvalue weighted by Gasteiger charge is -2.07. The molecule has 0 spiro atoms. The Morgan fingerprint density at radius 2 is 1.72 bits per heavy atom. The number of pyridine rings is 1. The molecule has 1 aromatic heterocycles. The first-order valence-corrected chi connectivity index (χ1v) is 8.11. The third kappa shape index (κ3) is 4.24. The average molecular weight is 371 g/mol. The van der Waals surface area contributed by atoms with Crippen molar-refractivity contribution in [2.75, 3.05) is 0 Å². The molecule has 0 bridgehead atoms. The molecule has 1 heterocycles. The fourth-order valence-electron chi connectivity index (χ4n) is 2.16. The molecular weight excluding hydrogens is 359 g/mol. The van der Waals surface area contributed by atoms with E-state index in [1.165, 1.54) is 12.1 Å². The highest BCUT2D eigenvalue weighted by molar-refractivity contribution is 6.35. The first-order chi connectivity index (χ1) is 12.1. The number of oxime groups is 1. The van der Waals surface area contributed by atoms with Gasteiger partial charge in [-0.3, -0.25) is 4.98 Å². The minimum atomic E-state index is -0.690. The lowest BCUT2D eigenvalue weighted by molar-refractivity contribution is 0.0517. The van der Waals surface area contributed by atoms with Crippen molar-refractivity contribution in [1.29, 1.82) is 0 Å². The number of benzene rings is 2. The second kappa shape index (κ2) is 7.92. The van der Waals surface area contributed by atoms with E-state index in [1.54, 1.807) is 24.5 Å². The molecule has 0 amide bonds. The largest absolute Gasteiger partial charge is 0.367 e. The van der Waals surface area contributed by atoms with Gasteiger partial charge < -0.3 is 4.84 Å². The van der Waals surface area contributed by atoms with E-state index >= 15 is 0 Å². The molecule has 0 saturated carbocycles. The summed E-state index contributed by atoms with van der Waals surface area (Å²) < 4.78 is 0. The van der Waals surface area contributed by atoms with Crippen molar-refractivity contribution in [3.8, 4) is 0 Å². The zero-order valence-corrected chi connectivity index (χ0v) is 14.4. The van der Waals surface area contributed by atoms with Crippen LogP contribution in [0.1, 0.15) is 21.5 Å². The summed E-state index contributed by atoms with van der Waals surface area (Å²) in [5, 5.41) is 4.66. The van der Waals surface area contributed by atoms with Gasteiger partial charge in [0.05, 0.1) is 10.6 Å². The normalized spacial score (nSPS) is 11.2. The number of carbonyl (C=O) groups excluding carboxylic acids is 1. The Labute approximate surface area is 154 Å². The van der Waals surface area contributed by atoms with Crippen molar-refractivity contribution < 1.29 is 9.63 Å². The third-order valence-electron chi connectivity index (χ3n) is 3.35. The van der Waals surface area contributed by atoms with E-state index < -0.39 is 5.97 Å². The van der Waals surface area contributed by atoms with Gasteiger partial charge in [0.2, 0.25) is 0 Å². The van der Waals surface area contributed by atoms with Crippen LogP contribution in [0.2, 0.25) is 10.0 Å². The van der Waals surface area contributed by atoms with Crippen molar-refractivity contribution in [1.82, 2.24) is 4.98 Å². The highest BCUT2D eigenvalue weighted by Gasteiger charge is 2.15. The van der Waals surface area contributed by atoms with Gasteiger partial charge in [0.25, 0.3) is 0 Å². The Morgan fingerprint density at radius 3 is 2.44 bits per heavy atom. The van der Waals surface area contributed by atoms with Gasteiger partial charge in [-0.25, -0.2) is 4.79 Å². The van der Waals surface area contributed by atoms with Gasteiger partial charge in [0, 0.05) is 28.5 Å². The van der Waals surface area contributed by atoms with Crippen LogP contribution in [0, 0.1) is 0 Å². The van der Waals surface area contributed by atoms with Gasteiger partial charge in [-0.2, -0.15) is 0 Å². The molecule has 0 N–H and O–H groups in total. The van der Waals surface area contributed by atoms with Crippen LogP contribution in [0.5, 0.6) is 0 Å². The zero-order chi connectivity index (χ0) is 17.6. The van der Waals surface area contributed by atoms with Crippen LogP contribution < -0.4 is 0 Å². The Morgan fingerprint density at radius 1 is 0.960 bits per heavy atom. The van der Waals surface area contributed by atoms with Crippen LogP contribution in [-0.2, 0) is 4.84 Å². The van der Waals surface area contributed by atoms with Gasteiger partial charge in [-0.05, 0) is 30.3 Å². The van der Waals surface area contributed by atoms with E-state index in [9.17, 15) is 4.79 Å². The summed E-state index contributed by atoms with van der Waals surface area (Å²) in [6, 6.07) is 17.5. The molecule has 0 aliphatic heterocycles. The number of halogens is 2. The molecule has 0 unspecified atom stereocenters. The lowest BCUT2D eigenvalue weighted by Crippen LogP contribution is -2.08. The molecule has 124 valence electrons. The molecule has 3 rings (SSSR count). The van der Waals surface area contributed by atoms with Gasteiger partial charge in [-0.15, -0.1) is 0 Å². The molecule has 0 aliphatic rings. The van der Waals surface area contributed by atoms with Crippen LogP contribution in [0.4, 0.5) is 0 Å². The van der Waals surface area contributed by atoms with Crippen LogP contribution >= 0.6 is 23.2 Å². The minimum absolute atomic E-state index is 0.150. The molecule has 6 heteroatoms. The third-order valence-corrected chi connectivity index (χ3v) is 3.92. The lowest BCUT2D eigenvalue weighted by atomic mass is 10.0. The summed E-state index contributed by atoms with van der Waals surface area (Å²) in [5.41, 5.74) is 2.15. The molecule has 0 atom stereocenters. The Balaban J connectivity index is 1.94. The van der Waals surface area contributed by atoms with E-state index in [0.29, 0.717) is 10.7 Å². The maximum absolute atomic E-state index is 12.3. The summed E-state index contributed by atoms with van der Waals surface area (Å²) in [6.07, 6.45) is 3.30. The Bertz CT molecular complexity index is 872. The van der Waals surface area contributed by atoms with Gasteiger partial charge in [0.15, 0.2) is 0 Å². The highest BCUT2D eigenvalue weighted by atomic mass is 35.5. The van der Waals surface area contributed by atoms with Gasteiger partial charge in [-0.1, -0.05) is 58.7 Å². The first-order valence-electron chi connectivity index (χ1n) is 7.35. The fourth-order valence-corrected chi connectivity index (χ4v) is 2.53. The van der Waals surface area contributed by atoms with E-state index in [0.717, 1.165) is 11.1 Å². The minimum Gasteiger partial charge on any atom is -0.312 e. The molecule has 0 radical (unpaired) electrons. The molecule has 0 fully saturated rings. The predicted molar refractivity (Wildman–Crippen MR) is 98.2 cm³/mol. The van der Waals surface area contributed by atoms with Crippen LogP contribution in [0.15, 0.2) is 78.2 Å². The molecular formula is C19H12Cl2N2O2. The second-order valence-corrected chi connectivity index (χ2v) is 5.89. The van der Waals surface area contributed by atoms with Gasteiger partial charge in [0.1, 0.15) is 5.71 Å². The van der Waals surface area contributed by atoms with Crippen LogP contribution in [0.25, 0.3) is 0 Å². The summed E-state index contributed by atoms with van der Waals surface area (Å²) in [6.45, 7) is 0. The van der Waals surface area contributed by atoms with Crippen molar-refractivity contribution in [3.05, 3.63) is 99.8 Å². The standard InChI is InChI=1S/C19H12Cl2N2O2/c20-15-8-9-17(21)16(11-15)19(24)25-23-18(13-5-2-1-3-6-13)14-7-4-10-22-12-14/h1-12H/b23-18+. The molecule has 4 nitrogen and oxygen atoms in total. The predicted octanol–water partition coefficient (Wildman–Crippen LogP) is 5.00. The molecule has 0 saturated heterocycles. The molecule has 0 aliphatic carbocycles. The molecule has 3 aromatic rings. The number of nitrogens with zero attached hydrogens (tertiary/aromatic N) is 2. The van der Waals surface area contributed by atoms with E-state index in [1.807, 2.05) is 36.4 Å². The fraction of sp³-hybridized carbons (Fsp3) is 0. The Hall–Kier alpha value is -2.69. The van der Waals surface area contributed by atoms with Crippen molar-refractivity contribution in [2.24, 2.45) is 5.16 Å². The van der Waals surface area contributed by atoms with Crippen LogP contribution in [0.3, 0.4) is 0 Å². The topological polar surface area (TPSA) is 51.5 Å². The van der Waals surface area contributed by atoms with Gasteiger partial charge >= 0.3 is 5.97 Å². The number of rotatable bonds is 4. The number of hydrogen-bond donors (Lipinski definition) is 0. The van der Waals surface area contributed by atoms with Crippen LogP contribution in [-0.4, -0.2) is 16.7 Å². The first kappa shape index (κ1) is 17.1. The SMILES string of the molecule is O=C(O/N=C(\c1ccccc1)c1cccnc1)c1cc(Cl)ccc1Cl. The Kier molecular flexibility index (Phi) is 5.43. The van der Waals surface area contributed by atoms with Crippen molar-refractivity contribution in [2.45, 2.75) is 0 Å². The zero-order valence-electron chi connectivity index (χ0n) is 12.9. The highest BCUT2D eigenvalue weighted by Crippen LogP contribution is 2.21. The smallest absolute Gasteiger partial charge is 0.312 e. The quantitative estimate of drug-likeness (QED) is 0.369. The van der Waals surface area contributed by atoms with E-state index in [2.05, 4.69) is 10.1 Å². The second-order valence-electron chi connectivity index (χ2n) is 5.05. The molecule has 2 aromatic carbocycles.